The normalized spacial score (nSPS) is 19.0. The average molecular weight is 311 g/mol. The van der Waals surface area contributed by atoms with Gasteiger partial charge in [0.15, 0.2) is 15.6 Å². The Kier molecular flexibility index (Phi) is 5.00. The summed E-state index contributed by atoms with van der Waals surface area (Å²) in [6.07, 6.45) is 0.584. The van der Waals surface area contributed by atoms with Crippen LogP contribution in [0.2, 0.25) is 0 Å². The van der Waals surface area contributed by atoms with Crippen LogP contribution in [0, 0.1) is 6.92 Å². The number of carbonyl (C=O) groups excluding carboxylic acids is 1. The number of aryl methyl sites for hydroxylation is 1. The lowest BCUT2D eigenvalue weighted by molar-refractivity contribution is 0.0932. The molecule has 0 N–H and O–H groups in total. The molecule has 1 heterocycles. The Morgan fingerprint density at radius 3 is 2.76 bits per heavy atom. The Morgan fingerprint density at radius 2 is 2.05 bits per heavy atom. The third kappa shape index (κ3) is 4.28. The van der Waals surface area contributed by atoms with Crippen LogP contribution in [0.5, 0.6) is 5.75 Å². The summed E-state index contributed by atoms with van der Waals surface area (Å²) in [6, 6.07) is 5.48. The minimum atomic E-state index is -2.95. The highest BCUT2D eigenvalue weighted by atomic mass is 32.2. The first kappa shape index (κ1) is 16.0. The van der Waals surface area contributed by atoms with E-state index >= 15 is 0 Å². The molecule has 0 atom stereocenters. The van der Waals surface area contributed by atoms with Gasteiger partial charge in [0.25, 0.3) is 0 Å². The molecule has 2 rings (SSSR count). The highest BCUT2D eigenvalue weighted by Crippen LogP contribution is 2.21. The fourth-order valence-electron chi connectivity index (χ4n) is 2.47. The maximum absolute atomic E-state index is 12.4. The van der Waals surface area contributed by atoms with Gasteiger partial charge < -0.3 is 4.74 Å². The van der Waals surface area contributed by atoms with E-state index in [-0.39, 0.29) is 23.8 Å². The van der Waals surface area contributed by atoms with Crippen LogP contribution in [-0.4, -0.2) is 57.4 Å². The van der Waals surface area contributed by atoms with Crippen LogP contribution in [0.15, 0.2) is 18.2 Å². The summed E-state index contributed by atoms with van der Waals surface area (Å²) in [4.78, 5) is 14.3. The molecule has 0 saturated carbocycles. The maximum Gasteiger partial charge on any atom is 0.180 e. The number of benzene rings is 1. The lowest BCUT2D eigenvalue weighted by Gasteiger charge is -2.19. The fraction of sp³-hybridized carbons (Fsp3) is 0.533. The number of ether oxygens (including phenoxy) is 1. The van der Waals surface area contributed by atoms with E-state index in [1.54, 1.807) is 13.2 Å². The van der Waals surface area contributed by atoms with Crippen LogP contribution in [-0.2, 0) is 9.84 Å². The zero-order valence-electron chi connectivity index (χ0n) is 12.5. The van der Waals surface area contributed by atoms with Gasteiger partial charge in [-0.1, -0.05) is 6.07 Å². The highest BCUT2D eigenvalue weighted by Gasteiger charge is 2.22. The van der Waals surface area contributed by atoms with Gasteiger partial charge in [0.2, 0.25) is 0 Å². The van der Waals surface area contributed by atoms with E-state index in [2.05, 4.69) is 0 Å². The van der Waals surface area contributed by atoms with E-state index in [1.165, 1.54) is 0 Å². The summed E-state index contributed by atoms with van der Waals surface area (Å²) in [7, 11) is -1.40. The van der Waals surface area contributed by atoms with Crippen molar-refractivity contribution in [3.8, 4) is 5.75 Å². The van der Waals surface area contributed by atoms with Crippen LogP contribution >= 0.6 is 0 Å². The molecule has 0 bridgehead atoms. The molecule has 0 radical (unpaired) electrons. The number of ketones is 1. The summed E-state index contributed by atoms with van der Waals surface area (Å²) in [5.41, 5.74) is 1.58. The first-order chi connectivity index (χ1) is 9.91. The summed E-state index contributed by atoms with van der Waals surface area (Å²) < 4.78 is 28.4. The monoisotopic (exact) mass is 311 g/mol. The Hall–Kier alpha value is -1.40. The van der Waals surface area contributed by atoms with Gasteiger partial charge >= 0.3 is 0 Å². The maximum atomic E-state index is 12.4. The van der Waals surface area contributed by atoms with Gasteiger partial charge in [-0.3, -0.25) is 9.69 Å². The number of nitrogens with zero attached hydrogens (tertiary/aromatic N) is 1. The molecule has 1 aliphatic rings. The highest BCUT2D eigenvalue weighted by molar-refractivity contribution is 7.91. The zero-order chi connectivity index (χ0) is 15.5. The standard InChI is InChI=1S/C15H21NO4S/c1-12-4-5-13(15(10-12)20-2)14(17)11-16-6-3-8-21(18,19)9-7-16/h4-5,10H,3,6-9,11H2,1-2H3. The van der Waals surface area contributed by atoms with Crippen molar-refractivity contribution in [1.82, 2.24) is 4.90 Å². The number of Topliss-reactive ketones (excluding diaryl/α,β-unsaturated/α-hetero) is 1. The molecular weight excluding hydrogens is 290 g/mol. The Bertz CT molecular complexity index is 625. The molecule has 1 aliphatic heterocycles. The minimum absolute atomic E-state index is 0.0360. The first-order valence-electron chi connectivity index (χ1n) is 7.02. The molecule has 1 saturated heterocycles. The third-order valence-electron chi connectivity index (χ3n) is 3.67. The second-order valence-electron chi connectivity index (χ2n) is 5.41. The number of hydrogen-bond acceptors (Lipinski definition) is 5. The molecule has 1 aromatic rings. The second kappa shape index (κ2) is 6.58. The molecule has 21 heavy (non-hydrogen) atoms. The molecule has 0 aromatic heterocycles. The number of hydrogen-bond donors (Lipinski definition) is 0. The lowest BCUT2D eigenvalue weighted by Crippen LogP contribution is -2.32. The zero-order valence-corrected chi connectivity index (χ0v) is 13.3. The number of methoxy groups -OCH3 is 1. The van der Waals surface area contributed by atoms with Crippen LogP contribution < -0.4 is 4.74 Å². The van der Waals surface area contributed by atoms with Crippen molar-refractivity contribution in [3.05, 3.63) is 29.3 Å². The van der Waals surface area contributed by atoms with Crippen LogP contribution in [0.3, 0.4) is 0 Å². The predicted octanol–water partition coefficient (Wildman–Crippen LogP) is 1.31. The molecule has 5 nitrogen and oxygen atoms in total. The van der Waals surface area contributed by atoms with E-state index < -0.39 is 9.84 Å². The van der Waals surface area contributed by atoms with Crippen LogP contribution in [0.4, 0.5) is 0 Å². The largest absolute Gasteiger partial charge is 0.496 e. The van der Waals surface area contributed by atoms with Gasteiger partial charge in [0.05, 0.1) is 30.7 Å². The van der Waals surface area contributed by atoms with Gasteiger partial charge in [-0.05, 0) is 37.6 Å². The second-order valence-corrected chi connectivity index (χ2v) is 7.71. The van der Waals surface area contributed by atoms with Crippen molar-refractivity contribution in [2.75, 3.05) is 38.2 Å². The van der Waals surface area contributed by atoms with Crippen molar-refractivity contribution in [2.45, 2.75) is 13.3 Å². The van der Waals surface area contributed by atoms with Crippen molar-refractivity contribution in [3.63, 3.8) is 0 Å². The summed E-state index contributed by atoms with van der Waals surface area (Å²) in [5, 5.41) is 0. The van der Waals surface area contributed by atoms with Crippen molar-refractivity contribution < 1.29 is 17.9 Å². The van der Waals surface area contributed by atoms with Crippen molar-refractivity contribution in [2.24, 2.45) is 0 Å². The molecule has 0 amide bonds. The summed E-state index contributed by atoms with van der Waals surface area (Å²) in [6.45, 7) is 3.23. The Labute approximate surface area is 125 Å². The molecule has 1 aromatic carbocycles. The fourth-order valence-corrected chi connectivity index (χ4v) is 3.77. The lowest BCUT2D eigenvalue weighted by atomic mass is 10.1. The SMILES string of the molecule is COc1cc(C)ccc1C(=O)CN1CCCS(=O)(=O)CC1. The molecule has 6 heteroatoms. The Morgan fingerprint density at radius 1 is 1.29 bits per heavy atom. The van der Waals surface area contributed by atoms with E-state index in [4.69, 9.17) is 4.74 Å². The quantitative estimate of drug-likeness (QED) is 0.785. The third-order valence-corrected chi connectivity index (χ3v) is 5.39. The summed E-state index contributed by atoms with van der Waals surface area (Å²) >= 11 is 0. The smallest absolute Gasteiger partial charge is 0.180 e. The summed E-state index contributed by atoms with van der Waals surface area (Å²) in [5.74, 6) is 0.880. The minimum Gasteiger partial charge on any atom is -0.496 e. The molecule has 1 fully saturated rings. The number of carbonyl (C=O) groups is 1. The Balaban J connectivity index is 2.08. The molecule has 0 aliphatic carbocycles. The van der Waals surface area contributed by atoms with Gasteiger partial charge in [-0.15, -0.1) is 0 Å². The average Bonchev–Trinajstić information content (AvgIpc) is 2.60. The van der Waals surface area contributed by atoms with Gasteiger partial charge in [0.1, 0.15) is 5.75 Å². The van der Waals surface area contributed by atoms with E-state index in [0.29, 0.717) is 30.8 Å². The molecular formula is C15H21NO4S. The molecule has 116 valence electrons. The number of sulfone groups is 1. The van der Waals surface area contributed by atoms with Crippen LogP contribution in [0.25, 0.3) is 0 Å². The number of rotatable bonds is 4. The van der Waals surface area contributed by atoms with Gasteiger partial charge in [0, 0.05) is 6.54 Å². The topological polar surface area (TPSA) is 63.7 Å². The van der Waals surface area contributed by atoms with E-state index in [9.17, 15) is 13.2 Å². The van der Waals surface area contributed by atoms with Crippen molar-refractivity contribution in [1.29, 1.82) is 0 Å². The van der Waals surface area contributed by atoms with E-state index in [0.717, 1.165) is 5.56 Å². The van der Waals surface area contributed by atoms with Gasteiger partial charge in [-0.25, -0.2) is 8.42 Å². The molecule has 0 spiro atoms. The van der Waals surface area contributed by atoms with Crippen LogP contribution in [0.1, 0.15) is 22.3 Å². The predicted molar refractivity (Wildman–Crippen MR) is 81.8 cm³/mol. The van der Waals surface area contributed by atoms with E-state index in [1.807, 2.05) is 24.0 Å². The van der Waals surface area contributed by atoms with Crippen molar-refractivity contribution >= 4 is 15.6 Å². The first-order valence-corrected chi connectivity index (χ1v) is 8.84. The van der Waals surface area contributed by atoms with Gasteiger partial charge in [-0.2, -0.15) is 0 Å². The molecule has 0 unspecified atom stereocenters.